The molecule has 2 aromatic rings. The summed E-state index contributed by atoms with van der Waals surface area (Å²) in [5.41, 5.74) is 2.01. The van der Waals surface area contributed by atoms with Crippen molar-refractivity contribution in [1.29, 1.82) is 0 Å². The van der Waals surface area contributed by atoms with Gasteiger partial charge in [-0.3, -0.25) is 0 Å². The van der Waals surface area contributed by atoms with Gasteiger partial charge < -0.3 is 24.8 Å². The van der Waals surface area contributed by atoms with Crippen LogP contribution in [0.5, 0.6) is 11.6 Å². The standard InChI is InChI=1S/C21H30N4O3.HI/c1-4-22-21(24-15-17-9-6-7-11-19(17)27-5-2)25-16-18-10-8-12-23-20(18)28-14-13-26-3;/h6-12H,4-5,13-16H2,1-3H3,(H2,22,24,25);1H. The predicted molar refractivity (Wildman–Crippen MR) is 126 cm³/mol. The Morgan fingerprint density at radius 2 is 1.79 bits per heavy atom. The topological polar surface area (TPSA) is 77.0 Å². The third-order valence-electron chi connectivity index (χ3n) is 3.85. The highest BCUT2D eigenvalue weighted by Gasteiger charge is 2.07. The van der Waals surface area contributed by atoms with E-state index in [9.17, 15) is 0 Å². The molecule has 29 heavy (non-hydrogen) atoms. The van der Waals surface area contributed by atoms with Gasteiger partial charge in [-0.1, -0.05) is 24.3 Å². The van der Waals surface area contributed by atoms with E-state index in [4.69, 9.17) is 14.2 Å². The van der Waals surface area contributed by atoms with Crippen molar-refractivity contribution in [3.8, 4) is 11.6 Å². The third-order valence-corrected chi connectivity index (χ3v) is 3.85. The molecule has 0 radical (unpaired) electrons. The van der Waals surface area contributed by atoms with E-state index in [2.05, 4.69) is 20.6 Å². The molecule has 0 amide bonds. The predicted octanol–water partition coefficient (Wildman–Crippen LogP) is 3.38. The third kappa shape index (κ3) is 8.86. The van der Waals surface area contributed by atoms with Crippen molar-refractivity contribution < 1.29 is 14.2 Å². The minimum atomic E-state index is 0. The van der Waals surface area contributed by atoms with Crippen molar-refractivity contribution >= 4 is 29.9 Å². The molecular weight excluding hydrogens is 483 g/mol. The number of benzene rings is 1. The number of nitrogens with one attached hydrogen (secondary N) is 2. The van der Waals surface area contributed by atoms with Crippen LogP contribution in [0.2, 0.25) is 0 Å². The Balaban J connectivity index is 0.00000420. The van der Waals surface area contributed by atoms with Gasteiger partial charge in [0.1, 0.15) is 12.4 Å². The van der Waals surface area contributed by atoms with Crippen molar-refractivity contribution in [1.82, 2.24) is 15.6 Å². The number of pyridine rings is 1. The van der Waals surface area contributed by atoms with E-state index in [1.165, 1.54) is 0 Å². The van der Waals surface area contributed by atoms with Crippen LogP contribution in [0.4, 0.5) is 0 Å². The van der Waals surface area contributed by atoms with Crippen molar-refractivity contribution in [2.75, 3.05) is 33.5 Å². The van der Waals surface area contributed by atoms with Gasteiger partial charge in [0.2, 0.25) is 5.88 Å². The summed E-state index contributed by atoms with van der Waals surface area (Å²) in [6.45, 7) is 7.47. The zero-order chi connectivity index (χ0) is 20.0. The first kappa shape index (κ1) is 25.0. The highest BCUT2D eigenvalue weighted by molar-refractivity contribution is 14.0. The number of hydrogen-bond acceptors (Lipinski definition) is 5. The highest BCUT2D eigenvalue weighted by Crippen LogP contribution is 2.18. The molecule has 0 fully saturated rings. The maximum absolute atomic E-state index is 5.69. The average Bonchev–Trinajstić information content (AvgIpc) is 2.72. The molecule has 0 unspecified atom stereocenters. The van der Waals surface area contributed by atoms with E-state index >= 15 is 0 Å². The SMILES string of the molecule is CCNC(=NCc1cccnc1OCCOC)NCc1ccccc1OCC.I. The molecule has 0 aliphatic carbocycles. The Morgan fingerprint density at radius 1 is 1.00 bits per heavy atom. The number of halogens is 1. The van der Waals surface area contributed by atoms with Crippen LogP contribution in [-0.2, 0) is 17.8 Å². The number of hydrogen-bond donors (Lipinski definition) is 2. The van der Waals surface area contributed by atoms with E-state index in [1.54, 1.807) is 13.3 Å². The number of aromatic nitrogens is 1. The number of para-hydroxylation sites is 1. The smallest absolute Gasteiger partial charge is 0.218 e. The second kappa shape index (κ2) is 14.9. The second-order valence-corrected chi connectivity index (χ2v) is 5.90. The fourth-order valence-corrected chi connectivity index (χ4v) is 2.53. The Kier molecular flexibility index (Phi) is 12.8. The van der Waals surface area contributed by atoms with Gasteiger partial charge in [0.25, 0.3) is 0 Å². The molecular formula is C21H31IN4O3. The number of ether oxygens (including phenoxy) is 3. The molecule has 0 saturated heterocycles. The number of rotatable bonds is 11. The van der Waals surface area contributed by atoms with E-state index in [-0.39, 0.29) is 24.0 Å². The Bertz CT molecular complexity index is 743. The summed E-state index contributed by atoms with van der Waals surface area (Å²) in [7, 11) is 1.64. The van der Waals surface area contributed by atoms with Gasteiger partial charge in [-0.2, -0.15) is 0 Å². The van der Waals surface area contributed by atoms with Crippen LogP contribution in [-0.4, -0.2) is 44.4 Å². The molecule has 0 aliphatic heterocycles. The second-order valence-electron chi connectivity index (χ2n) is 5.90. The lowest BCUT2D eigenvalue weighted by atomic mass is 10.2. The maximum Gasteiger partial charge on any atom is 0.218 e. The van der Waals surface area contributed by atoms with Gasteiger partial charge >= 0.3 is 0 Å². The summed E-state index contributed by atoms with van der Waals surface area (Å²) in [4.78, 5) is 8.96. The fourth-order valence-electron chi connectivity index (χ4n) is 2.53. The number of aliphatic imine (C=N–C) groups is 1. The summed E-state index contributed by atoms with van der Waals surface area (Å²) < 4.78 is 16.4. The lowest BCUT2D eigenvalue weighted by Gasteiger charge is -2.14. The molecule has 0 atom stereocenters. The van der Waals surface area contributed by atoms with Gasteiger partial charge in [0.05, 0.1) is 19.8 Å². The first-order valence-electron chi connectivity index (χ1n) is 9.57. The zero-order valence-corrected chi connectivity index (χ0v) is 19.6. The molecule has 160 valence electrons. The number of nitrogens with zero attached hydrogens (tertiary/aromatic N) is 2. The quantitative estimate of drug-likeness (QED) is 0.207. The van der Waals surface area contributed by atoms with Crippen LogP contribution in [0.15, 0.2) is 47.6 Å². The molecule has 0 spiro atoms. The molecule has 8 heteroatoms. The van der Waals surface area contributed by atoms with E-state index in [0.717, 1.165) is 29.4 Å². The van der Waals surface area contributed by atoms with Crippen LogP contribution >= 0.6 is 24.0 Å². The molecule has 7 nitrogen and oxygen atoms in total. The molecule has 2 N–H and O–H groups in total. The summed E-state index contributed by atoms with van der Waals surface area (Å²) in [5.74, 6) is 2.19. The van der Waals surface area contributed by atoms with Gasteiger partial charge in [-0.25, -0.2) is 9.98 Å². The van der Waals surface area contributed by atoms with Crippen molar-refractivity contribution in [3.05, 3.63) is 53.7 Å². The van der Waals surface area contributed by atoms with Gasteiger partial charge in [-0.05, 0) is 26.0 Å². The van der Waals surface area contributed by atoms with Gasteiger partial charge in [0, 0.05) is 37.5 Å². The molecule has 1 aromatic heterocycles. The van der Waals surface area contributed by atoms with Gasteiger partial charge in [-0.15, -0.1) is 24.0 Å². The summed E-state index contributed by atoms with van der Waals surface area (Å²) in [6.07, 6.45) is 1.71. The molecule has 0 saturated carbocycles. The van der Waals surface area contributed by atoms with Crippen LogP contribution < -0.4 is 20.1 Å². The van der Waals surface area contributed by atoms with Crippen LogP contribution in [0.3, 0.4) is 0 Å². The van der Waals surface area contributed by atoms with E-state index < -0.39 is 0 Å². The lowest BCUT2D eigenvalue weighted by molar-refractivity contribution is 0.143. The first-order valence-corrected chi connectivity index (χ1v) is 9.57. The fraction of sp³-hybridized carbons (Fsp3) is 0.429. The van der Waals surface area contributed by atoms with Crippen LogP contribution in [0, 0.1) is 0 Å². The van der Waals surface area contributed by atoms with Crippen molar-refractivity contribution in [3.63, 3.8) is 0 Å². The maximum atomic E-state index is 5.69. The summed E-state index contributed by atoms with van der Waals surface area (Å²) in [6, 6.07) is 11.8. The monoisotopic (exact) mass is 514 g/mol. The largest absolute Gasteiger partial charge is 0.494 e. The number of guanidine groups is 1. The molecule has 2 rings (SSSR count). The molecule has 1 aromatic carbocycles. The summed E-state index contributed by atoms with van der Waals surface area (Å²) in [5, 5.41) is 6.62. The van der Waals surface area contributed by atoms with Crippen LogP contribution in [0.1, 0.15) is 25.0 Å². The molecule has 0 bridgehead atoms. The number of methoxy groups -OCH3 is 1. The van der Waals surface area contributed by atoms with Gasteiger partial charge in [0.15, 0.2) is 5.96 Å². The molecule has 0 aliphatic rings. The Morgan fingerprint density at radius 3 is 2.55 bits per heavy atom. The van der Waals surface area contributed by atoms with E-state index in [0.29, 0.717) is 38.8 Å². The zero-order valence-electron chi connectivity index (χ0n) is 17.3. The molecule has 1 heterocycles. The lowest BCUT2D eigenvalue weighted by Crippen LogP contribution is -2.36. The average molecular weight is 514 g/mol. The van der Waals surface area contributed by atoms with Crippen molar-refractivity contribution in [2.45, 2.75) is 26.9 Å². The van der Waals surface area contributed by atoms with Crippen molar-refractivity contribution in [2.24, 2.45) is 4.99 Å². The summed E-state index contributed by atoms with van der Waals surface area (Å²) >= 11 is 0. The highest BCUT2D eigenvalue weighted by atomic mass is 127. The van der Waals surface area contributed by atoms with E-state index in [1.807, 2.05) is 50.2 Å². The normalized spacial score (nSPS) is 10.8. The minimum Gasteiger partial charge on any atom is -0.494 e. The Hall–Kier alpha value is -2.07. The van der Waals surface area contributed by atoms with Crippen LogP contribution in [0.25, 0.3) is 0 Å². The minimum absolute atomic E-state index is 0. The first-order chi connectivity index (χ1) is 13.8. The Labute approximate surface area is 190 Å².